The van der Waals surface area contributed by atoms with E-state index in [4.69, 9.17) is 17.3 Å². The zero-order valence-corrected chi connectivity index (χ0v) is 8.83. The SMILES string of the molecule is NCCC(O)c1cc2ncc(Cl)cc2[nH]1. The van der Waals surface area contributed by atoms with Crippen molar-refractivity contribution >= 4 is 22.6 Å². The molecule has 4 N–H and O–H groups in total. The van der Waals surface area contributed by atoms with Crippen molar-refractivity contribution in [3.8, 4) is 0 Å². The first-order valence-corrected chi connectivity index (χ1v) is 5.11. The molecule has 0 aliphatic rings. The molecule has 4 nitrogen and oxygen atoms in total. The molecular formula is C10H12ClN3O. The number of nitrogens with two attached hydrogens (primary N) is 1. The van der Waals surface area contributed by atoms with E-state index in [1.165, 1.54) is 0 Å². The van der Waals surface area contributed by atoms with Gasteiger partial charge in [-0.2, -0.15) is 0 Å². The number of rotatable bonds is 3. The minimum absolute atomic E-state index is 0.449. The van der Waals surface area contributed by atoms with Crippen LogP contribution in [0.3, 0.4) is 0 Å². The maximum atomic E-state index is 9.72. The van der Waals surface area contributed by atoms with E-state index in [1.807, 2.05) is 6.07 Å². The van der Waals surface area contributed by atoms with Gasteiger partial charge in [0.25, 0.3) is 0 Å². The second-order valence-electron chi connectivity index (χ2n) is 3.40. The average Bonchev–Trinajstić information content (AvgIpc) is 2.60. The molecule has 1 atom stereocenters. The average molecular weight is 226 g/mol. The number of nitrogens with zero attached hydrogens (tertiary/aromatic N) is 1. The maximum absolute atomic E-state index is 9.72. The van der Waals surface area contributed by atoms with Crippen molar-refractivity contribution in [3.05, 3.63) is 29.0 Å². The van der Waals surface area contributed by atoms with Crippen LogP contribution < -0.4 is 5.73 Å². The Labute approximate surface area is 92.1 Å². The molecule has 2 heterocycles. The highest BCUT2D eigenvalue weighted by Crippen LogP contribution is 2.22. The number of hydrogen-bond acceptors (Lipinski definition) is 3. The zero-order valence-electron chi connectivity index (χ0n) is 8.07. The normalized spacial score (nSPS) is 13.3. The van der Waals surface area contributed by atoms with Crippen LogP contribution in [0.15, 0.2) is 18.3 Å². The van der Waals surface area contributed by atoms with Gasteiger partial charge in [-0.15, -0.1) is 0 Å². The Hall–Kier alpha value is -1.10. The predicted octanol–water partition coefficient (Wildman–Crippen LogP) is 1.60. The summed E-state index contributed by atoms with van der Waals surface area (Å²) in [5, 5.41) is 10.3. The van der Waals surface area contributed by atoms with Crippen molar-refractivity contribution in [1.29, 1.82) is 0 Å². The van der Waals surface area contributed by atoms with Crippen LogP contribution in [0.5, 0.6) is 0 Å². The first-order valence-electron chi connectivity index (χ1n) is 4.73. The molecule has 0 aromatic carbocycles. The number of hydrogen-bond donors (Lipinski definition) is 3. The van der Waals surface area contributed by atoms with Gasteiger partial charge in [0.05, 0.1) is 22.2 Å². The van der Waals surface area contributed by atoms with Crippen LogP contribution in [0.2, 0.25) is 5.02 Å². The molecule has 0 bridgehead atoms. The van der Waals surface area contributed by atoms with Crippen LogP contribution >= 0.6 is 11.6 Å². The molecule has 5 heteroatoms. The summed E-state index contributed by atoms with van der Waals surface area (Å²) in [6, 6.07) is 3.59. The van der Waals surface area contributed by atoms with Gasteiger partial charge in [-0.1, -0.05) is 11.6 Å². The Bertz CT molecular complexity index is 469. The maximum Gasteiger partial charge on any atom is 0.0950 e. The number of aromatic nitrogens is 2. The summed E-state index contributed by atoms with van der Waals surface area (Å²) in [6.45, 7) is 0.449. The first-order chi connectivity index (χ1) is 7.20. The van der Waals surface area contributed by atoms with Crippen molar-refractivity contribution < 1.29 is 5.11 Å². The lowest BCUT2D eigenvalue weighted by molar-refractivity contribution is 0.166. The highest BCUT2D eigenvalue weighted by molar-refractivity contribution is 6.31. The number of aliphatic hydroxyl groups excluding tert-OH is 1. The van der Waals surface area contributed by atoms with Gasteiger partial charge in [0, 0.05) is 11.9 Å². The number of nitrogens with one attached hydrogen (secondary N) is 1. The van der Waals surface area contributed by atoms with E-state index in [1.54, 1.807) is 12.3 Å². The molecule has 80 valence electrons. The number of aliphatic hydroxyl groups is 1. The summed E-state index contributed by atoms with van der Waals surface area (Å²) >= 11 is 5.80. The zero-order chi connectivity index (χ0) is 10.8. The van der Waals surface area contributed by atoms with Crippen molar-refractivity contribution in [1.82, 2.24) is 9.97 Å². The molecule has 2 aromatic rings. The number of H-pyrrole nitrogens is 1. The molecule has 15 heavy (non-hydrogen) atoms. The lowest BCUT2D eigenvalue weighted by Gasteiger charge is -2.05. The minimum atomic E-state index is -0.567. The smallest absolute Gasteiger partial charge is 0.0950 e. The predicted molar refractivity (Wildman–Crippen MR) is 59.7 cm³/mol. The molecule has 0 spiro atoms. The van der Waals surface area contributed by atoms with Crippen LogP contribution in [-0.2, 0) is 0 Å². The molecule has 2 rings (SSSR count). The highest BCUT2D eigenvalue weighted by Gasteiger charge is 2.10. The summed E-state index contributed by atoms with van der Waals surface area (Å²) in [7, 11) is 0. The third-order valence-corrected chi connectivity index (χ3v) is 2.46. The molecule has 0 aliphatic heterocycles. The van der Waals surface area contributed by atoms with Crippen LogP contribution in [0.25, 0.3) is 11.0 Å². The fourth-order valence-corrected chi connectivity index (χ4v) is 1.65. The van der Waals surface area contributed by atoms with Gasteiger partial charge < -0.3 is 15.8 Å². The van der Waals surface area contributed by atoms with Gasteiger partial charge in [0.15, 0.2) is 0 Å². The molecule has 0 fully saturated rings. The highest BCUT2D eigenvalue weighted by atomic mass is 35.5. The fourth-order valence-electron chi connectivity index (χ4n) is 1.50. The Morgan fingerprint density at radius 2 is 2.33 bits per heavy atom. The minimum Gasteiger partial charge on any atom is -0.387 e. The van der Waals surface area contributed by atoms with E-state index in [9.17, 15) is 5.11 Å². The lowest BCUT2D eigenvalue weighted by Crippen LogP contribution is -2.06. The second-order valence-corrected chi connectivity index (χ2v) is 3.84. The topological polar surface area (TPSA) is 74.9 Å². The van der Waals surface area contributed by atoms with Gasteiger partial charge in [0.2, 0.25) is 0 Å². The molecule has 2 aromatic heterocycles. The number of pyridine rings is 1. The van der Waals surface area contributed by atoms with Crippen molar-refractivity contribution in [2.75, 3.05) is 6.54 Å². The van der Waals surface area contributed by atoms with Crippen LogP contribution in [0, 0.1) is 0 Å². The van der Waals surface area contributed by atoms with Crippen molar-refractivity contribution in [2.24, 2.45) is 5.73 Å². The fraction of sp³-hybridized carbons (Fsp3) is 0.300. The van der Waals surface area contributed by atoms with E-state index in [0.29, 0.717) is 18.0 Å². The van der Waals surface area contributed by atoms with Crippen molar-refractivity contribution in [3.63, 3.8) is 0 Å². The first kappa shape index (κ1) is 10.4. The molecule has 0 radical (unpaired) electrons. The summed E-state index contributed by atoms with van der Waals surface area (Å²) in [4.78, 5) is 7.21. The second kappa shape index (κ2) is 4.18. The quantitative estimate of drug-likeness (QED) is 0.743. The molecule has 1 unspecified atom stereocenters. The van der Waals surface area contributed by atoms with Gasteiger partial charge in [-0.3, -0.25) is 4.98 Å². The molecule has 0 aliphatic carbocycles. The summed E-state index contributed by atoms with van der Waals surface area (Å²) in [6.07, 6.45) is 1.54. The monoisotopic (exact) mass is 225 g/mol. The van der Waals surface area contributed by atoms with Crippen LogP contribution in [0.1, 0.15) is 18.2 Å². The Kier molecular flexibility index (Phi) is 2.90. The molecule has 0 amide bonds. The van der Waals surface area contributed by atoms with Gasteiger partial charge in [-0.05, 0) is 25.1 Å². The van der Waals surface area contributed by atoms with E-state index in [0.717, 1.165) is 16.7 Å². The van der Waals surface area contributed by atoms with Crippen LogP contribution in [-0.4, -0.2) is 21.6 Å². The third kappa shape index (κ3) is 2.12. The third-order valence-electron chi connectivity index (χ3n) is 2.26. The molecule has 0 saturated carbocycles. The molecular weight excluding hydrogens is 214 g/mol. The van der Waals surface area contributed by atoms with Gasteiger partial charge in [0.1, 0.15) is 0 Å². The summed E-state index contributed by atoms with van der Waals surface area (Å²) < 4.78 is 0. The Morgan fingerprint density at radius 1 is 1.53 bits per heavy atom. The number of aromatic amines is 1. The van der Waals surface area contributed by atoms with E-state index in [2.05, 4.69) is 9.97 Å². The van der Waals surface area contributed by atoms with Crippen molar-refractivity contribution in [2.45, 2.75) is 12.5 Å². The van der Waals surface area contributed by atoms with E-state index in [-0.39, 0.29) is 0 Å². The number of fused-ring (bicyclic) bond motifs is 1. The van der Waals surface area contributed by atoms with Gasteiger partial charge in [-0.25, -0.2) is 0 Å². The van der Waals surface area contributed by atoms with Crippen LogP contribution in [0.4, 0.5) is 0 Å². The summed E-state index contributed by atoms with van der Waals surface area (Å²) in [5.41, 5.74) is 7.73. The van der Waals surface area contributed by atoms with E-state index < -0.39 is 6.10 Å². The molecule has 0 saturated heterocycles. The number of halogens is 1. The summed E-state index contributed by atoms with van der Waals surface area (Å²) in [5.74, 6) is 0. The standard InChI is InChI=1S/C10H12ClN3O/c11-6-3-8-7(13-5-6)4-9(14-8)10(15)1-2-12/h3-5,10,14-15H,1-2,12H2. The van der Waals surface area contributed by atoms with Gasteiger partial charge >= 0.3 is 0 Å². The lowest BCUT2D eigenvalue weighted by atomic mass is 10.2. The Morgan fingerprint density at radius 3 is 3.07 bits per heavy atom. The Balaban J connectivity index is 2.38. The largest absolute Gasteiger partial charge is 0.387 e. The van der Waals surface area contributed by atoms with E-state index >= 15 is 0 Å².